The highest BCUT2D eigenvalue weighted by molar-refractivity contribution is 7.89. The number of nitrogens with zero attached hydrogens (tertiary/aromatic N) is 2. The van der Waals surface area contributed by atoms with E-state index in [1.807, 2.05) is 24.7 Å². The molecule has 0 unspecified atom stereocenters. The summed E-state index contributed by atoms with van der Waals surface area (Å²) in [4.78, 5) is 4.33. The van der Waals surface area contributed by atoms with E-state index in [2.05, 4.69) is 21.7 Å². The van der Waals surface area contributed by atoms with Crippen molar-refractivity contribution in [3.05, 3.63) is 71.7 Å². The number of hydrogen-bond acceptors (Lipinski definition) is 4. The fourth-order valence-electron chi connectivity index (χ4n) is 4.60. The third-order valence-corrected chi connectivity index (χ3v) is 6.75. The highest BCUT2D eigenvalue weighted by atomic mass is 32.2. The van der Waals surface area contributed by atoms with Gasteiger partial charge in [-0.1, -0.05) is 30.3 Å². The van der Waals surface area contributed by atoms with E-state index in [9.17, 15) is 13.5 Å². The van der Waals surface area contributed by atoms with Crippen LogP contribution in [0.15, 0.2) is 59.9 Å². The molecule has 0 bridgehead atoms. The Labute approximate surface area is 157 Å². The lowest BCUT2D eigenvalue weighted by atomic mass is 9.76. The number of rotatable bonds is 2. The van der Waals surface area contributed by atoms with Gasteiger partial charge < -0.3 is 9.67 Å². The van der Waals surface area contributed by atoms with Gasteiger partial charge in [-0.2, -0.15) is 0 Å². The van der Waals surface area contributed by atoms with Crippen LogP contribution in [0.3, 0.4) is 0 Å². The molecule has 3 aromatic rings. The first-order valence-electron chi connectivity index (χ1n) is 8.90. The molecule has 0 fully saturated rings. The van der Waals surface area contributed by atoms with Gasteiger partial charge in [0.1, 0.15) is 0 Å². The second-order valence-electron chi connectivity index (χ2n) is 7.27. The summed E-state index contributed by atoms with van der Waals surface area (Å²) in [7, 11) is -3.81. The van der Waals surface area contributed by atoms with Gasteiger partial charge in [-0.3, -0.25) is 0 Å². The summed E-state index contributed by atoms with van der Waals surface area (Å²) in [6.07, 6.45) is 4.47. The number of fused-ring (bicyclic) bond motifs is 4. The third-order valence-electron chi connectivity index (χ3n) is 5.84. The Morgan fingerprint density at radius 1 is 1.15 bits per heavy atom. The molecule has 2 heterocycles. The van der Waals surface area contributed by atoms with E-state index in [0.29, 0.717) is 5.56 Å². The third kappa shape index (κ3) is 2.46. The van der Waals surface area contributed by atoms with Crippen molar-refractivity contribution in [2.45, 2.75) is 29.9 Å². The zero-order valence-electron chi connectivity index (χ0n) is 14.5. The number of aliphatic hydroxyl groups is 1. The summed E-state index contributed by atoms with van der Waals surface area (Å²) < 4.78 is 25.6. The minimum absolute atomic E-state index is 0.0278. The fourth-order valence-corrected chi connectivity index (χ4v) is 5.15. The normalized spacial score (nSPS) is 23.6. The van der Waals surface area contributed by atoms with Gasteiger partial charge in [0.05, 0.1) is 35.3 Å². The molecule has 0 spiro atoms. The minimum Gasteiger partial charge on any atom is -0.388 e. The molecule has 0 amide bonds. The lowest BCUT2D eigenvalue weighted by molar-refractivity contribution is 0.0718. The number of benzene rings is 2. The average molecular weight is 381 g/mol. The number of primary sulfonamides is 1. The summed E-state index contributed by atoms with van der Waals surface area (Å²) in [5, 5.41) is 16.5. The summed E-state index contributed by atoms with van der Waals surface area (Å²) in [5.41, 5.74) is 4.99. The molecular formula is C20H19N3O3S. The fraction of sp³-hybridized carbons (Fsp3) is 0.250. The molecule has 6 nitrogen and oxygen atoms in total. The molecule has 0 saturated heterocycles. The minimum atomic E-state index is -3.81. The van der Waals surface area contributed by atoms with Crippen LogP contribution in [-0.4, -0.2) is 23.1 Å². The van der Waals surface area contributed by atoms with Crippen LogP contribution in [0.1, 0.15) is 35.3 Å². The predicted octanol–water partition coefficient (Wildman–Crippen LogP) is 2.40. The Hall–Kier alpha value is -2.48. The first-order chi connectivity index (χ1) is 12.9. The van der Waals surface area contributed by atoms with Gasteiger partial charge in [-0.15, -0.1) is 0 Å². The molecule has 2 aliphatic rings. The highest BCUT2D eigenvalue weighted by Crippen LogP contribution is 2.49. The number of nitrogens with two attached hydrogens (primary N) is 1. The largest absolute Gasteiger partial charge is 0.388 e. The van der Waals surface area contributed by atoms with E-state index in [0.717, 1.165) is 29.7 Å². The van der Waals surface area contributed by atoms with Crippen molar-refractivity contribution < 1.29 is 13.5 Å². The Balaban J connectivity index is 1.61. The number of aromatic nitrogens is 2. The molecule has 0 radical (unpaired) electrons. The standard InChI is InChI=1S/C20H19N3O3S/c21-27(25,26)13-7-5-12-6-8-16(20(24)17(12)9-13)19-15-4-2-1-3-14(15)18-10-22-11-23(18)19/h1-5,7,9-11,16,19-20,24H,6,8H2,(H2,21,25,26)/t16-,19-,20-/m0/s1. The number of sulfonamides is 1. The Bertz CT molecular complexity index is 1150. The summed E-state index contributed by atoms with van der Waals surface area (Å²) in [5.74, 6) is -0.0789. The van der Waals surface area contributed by atoms with Crippen LogP contribution >= 0.6 is 0 Å². The molecule has 138 valence electrons. The quantitative estimate of drug-likeness (QED) is 0.712. The van der Waals surface area contributed by atoms with Crippen molar-refractivity contribution in [1.82, 2.24) is 9.55 Å². The van der Waals surface area contributed by atoms with Gasteiger partial charge in [0, 0.05) is 11.5 Å². The molecule has 1 aliphatic heterocycles. The molecule has 3 atom stereocenters. The second-order valence-corrected chi connectivity index (χ2v) is 8.83. The molecule has 0 saturated carbocycles. The van der Waals surface area contributed by atoms with Crippen LogP contribution in [0.5, 0.6) is 0 Å². The van der Waals surface area contributed by atoms with Gasteiger partial charge >= 0.3 is 0 Å². The summed E-state index contributed by atoms with van der Waals surface area (Å²) in [6.45, 7) is 0. The molecule has 5 rings (SSSR count). The molecule has 2 aromatic carbocycles. The Morgan fingerprint density at radius 2 is 1.96 bits per heavy atom. The maximum Gasteiger partial charge on any atom is 0.238 e. The molecule has 27 heavy (non-hydrogen) atoms. The Kier molecular flexibility index (Phi) is 3.56. The van der Waals surface area contributed by atoms with E-state index < -0.39 is 16.1 Å². The van der Waals surface area contributed by atoms with Crippen molar-refractivity contribution in [2.75, 3.05) is 0 Å². The van der Waals surface area contributed by atoms with Gasteiger partial charge in [0.2, 0.25) is 10.0 Å². The lowest BCUT2D eigenvalue weighted by Crippen LogP contribution is -2.29. The van der Waals surface area contributed by atoms with Gasteiger partial charge in [0.15, 0.2) is 0 Å². The summed E-state index contributed by atoms with van der Waals surface area (Å²) >= 11 is 0. The molecule has 1 aliphatic carbocycles. The van der Waals surface area contributed by atoms with Gasteiger partial charge in [0.25, 0.3) is 0 Å². The number of aryl methyl sites for hydroxylation is 1. The van der Waals surface area contributed by atoms with E-state index in [1.54, 1.807) is 6.07 Å². The molecule has 7 heteroatoms. The first-order valence-corrected chi connectivity index (χ1v) is 10.4. The van der Waals surface area contributed by atoms with Crippen molar-refractivity contribution >= 4 is 10.0 Å². The van der Waals surface area contributed by atoms with Crippen LogP contribution in [0.4, 0.5) is 0 Å². The second kappa shape index (κ2) is 5.76. The van der Waals surface area contributed by atoms with E-state index in [1.165, 1.54) is 17.7 Å². The predicted molar refractivity (Wildman–Crippen MR) is 100 cm³/mol. The monoisotopic (exact) mass is 381 g/mol. The van der Waals surface area contributed by atoms with Crippen molar-refractivity contribution in [3.63, 3.8) is 0 Å². The summed E-state index contributed by atoms with van der Waals surface area (Å²) in [6, 6.07) is 13.0. The van der Waals surface area contributed by atoms with E-state index in [4.69, 9.17) is 5.14 Å². The lowest BCUT2D eigenvalue weighted by Gasteiger charge is -2.35. The van der Waals surface area contributed by atoms with Crippen LogP contribution in [-0.2, 0) is 16.4 Å². The van der Waals surface area contributed by atoms with Crippen LogP contribution in [0.2, 0.25) is 0 Å². The number of imidazole rings is 1. The van der Waals surface area contributed by atoms with E-state index >= 15 is 0 Å². The topological polar surface area (TPSA) is 98.2 Å². The van der Waals surface area contributed by atoms with Gasteiger partial charge in [-0.25, -0.2) is 18.5 Å². The van der Waals surface area contributed by atoms with Crippen LogP contribution in [0, 0.1) is 5.92 Å². The smallest absolute Gasteiger partial charge is 0.238 e. The van der Waals surface area contributed by atoms with Crippen LogP contribution in [0.25, 0.3) is 11.3 Å². The van der Waals surface area contributed by atoms with Crippen molar-refractivity contribution in [2.24, 2.45) is 11.1 Å². The SMILES string of the molecule is NS(=O)(=O)c1ccc2c(c1)[C@@H](O)[C@H]([C@@H]1c3ccccc3-c3cncn31)CC2. The van der Waals surface area contributed by atoms with Crippen LogP contribution < -0.4 is 5.14 Å². The van der Waals surface area contributed by atoms with Crippen molar-refractivity contribution in [3.8, 4) is 11.3 Å². The molecular weight excluding hydrogens is 362 g/mol. The molecule has 1 aromatic heterocycles. The zero-order chi connectivity index (χ0) is 18.8. The Morgan fingerprint density at radius 3 is 2.78 bits per heavy atom. The molecule has 3 N–H and O–H groups in total. The zero-order valence-corrected chi connectivity index (χ0v) is 15.3. The van der Waals surface area contributed by atoms with Gasteiger partial charge in [-0.05, 0) is 41.7 Å². The average Bonchev–Trinajstić information content (AvgIpc) is 3.23. The number of hydrogen-bond donors (Lipinski definition) is 2. The number of aliphatic hydroxyl groups excluding tert-OH is 1. The maximum atomic E-state index is 11.7. The van der Waals surface area contributed by atoms with Crippen molar-refractivity contribution in [1.29, 1.82) is 0 Å². The first kappa shape index (κ1) is 16.7. The highest BCUT2D eigenvalue weighted by Gasteiger charge is 2.40. The maximum absolute atomic E-state index is 11.7. The van der Waals surface area contributed by atoms with E-state index in [-0.39, 0.29) is 16.9 Å².